The molecule has 1 spiro atoms. The third-order valence-electron chi connectivity index (χ3n) is 3.74. The minimum absolute atomic E-state index is 0.0328. The molecule has 0 unspecified atom stereocenters. The van der Waals surface area contributed by atoms with Gasteiger partial charge in [0.25, 0.3) is 0 Å². The number of nitrogens with zero attached hydrogens (tertiary/aromatic N) is 1. The average molecular weight is 346 g/mol. The summed E-state index contributed by atoms with van der Waals surface area (Å²) >= 11 is 3.15. The van der Waals surface area contributed by atoms with Crippen LogP contribution in [-0.4, -0.2) is 36.9 Å². The van der Waals surface area contributed by atoms with Gasteiger partial charge in [0.05, 0.1) is 10.5 Å². The van der Waals surface area contributed by atoms with Gasteiger partial charge in [-0.3, -0.25) is 0 Å². The van der Waals surface area contributed by atoms with Crippen LogP contribution in [0.2, 0.25) is 0 Å². The molecule has 5 nitrogen and oxygen atoms in total. The first kappa shape index (κ1) is 13.1. The molecular weight excluding hydrogens is 334 g/mol. The Bertz CT molecular complexity index is 658. The van der Waals surface area contributed by atoms with E-state index in [1.807, 2.05) is 0 Å². The lowest BCUT2D eigenvalue weighted by Crippen LogP contribution is -2.51. The fourth-order valence-electron chi connectivity index (χ4n) is 2.35. The van der Waals surface area contributed by atoms with Crippen LogP contribution in [0.1, 0.15) is 23.2 Å². The number of hydrogen-bond acceptors (Lipinski definition) is 3. The summed E-state index contributed by atoms with van der Waals surface area (Å²) in [6.45, 7) is 1.12. The number of benzene rings is 1. The van der Waals surface area contributed by atoms with Crippen molar-refractivity contribution in [1.82, 2.24) is 4.31 Å². The highest BCUT2D eigenvalue weighted by molar-refractivity contribution is 9.10. The molecule has 19 heavy (non-hydrogen) atoms. The molecule has 1 saturated heterocycles. The van der Waals surface area contributed by atoms with Crippen molar-refractivity contribution in [2.75, 3.05) is 13.1 Å². The third kappa shape index (κ3) is 2.19. The van der Waals surface area contributed by atoms with Crippen molar-refractivity contribution < 1.29 is 18.3 Å². The van der Waals surface area contributed by atoms with Gasteiger partial charge in [0.1, 0.15) is 0 Å². The Kier molecular flexibility index (Phi) is 2.78. The highest BCUT2D eigenvalue weighted by Gasteiger charge is 2.55. The van der Waals surface area contributed by atoms with Crippen LogP contribution in [0.5, 0.6) is 0 Å². The maximum Gasteiger partial charge on any atom is 0.335 e. The Labute approximate surface area is 119 Å². The quantitative estimate of drug-likeness (QED) is 0.908. The number of aromatic carboxylic acids is 1. The highest BCUT2D eigenvalue weighted by atomic mass is 79.9. The number of carboxylic acids is 1. The molecule has 1 heterocycles. The lowest BCUT2D eigenvalue weighted by Gasteiger charge is -2.38. The molecule has 2 fully saturated rings. The maximum atomic E-state index is 12.4. The van der Waals surface area contributed by atoms with E-state index in [1.54, 1.807) is 0 Å². The van der Waals surface area contributed by atoms with Gasteiger partial charge in [0, 0.05) is 17.6 Å². The van der Waals surface area contributed by atoms with Crippen LogP contribution in [0.15, 0.2) is 27.6 Å². The highest BCUT2D eigenvalue weighted by Crippen LogP contribution is 2.54. The summed E-state index contributed by atoms with van der Waals surface area (Å²) < 4.78 is 26.6. The predicted octanol–water partition coefficient (Wildman–Crippen LogP) is 1.93. The standard InChI is InChI=1S/C12H12BrNO4S/c13-9-3-8(11(15)16)4-10(5-9)19(17,18)14-6-12(7-14)1-2-12/h3-5H,1-2,6-7H2,(H,15,16). The minimum Gasteiger partial charge on any atom is -0.478 e. The van der Waals surface area contributed by atoms with Gasteiger partial charge in [0.2, 0.25) is 10.0 Å². The first-order valence-electron chi connectivity index (χ1n) is 5.87. The number of carboxylic acid groups (broad SMARTS) is 1. The molecule has 0 aromatic heterocycles. The van der Waals surface area contributed by atoms with Crippen LogP contribution in [0.4, 0.5) is 0 Å². The summed E-state index contributed by atoms with van der Waals surface area (Å²) in [6, 6.07) is 4.04. The van der Waals surface area contributed by atoms with Gasteiger partial charge < -0.3 is 5.11 Å². The second-order valence-electron chi connectivity index (χ2n) is 5.25. The number of rotatable bonds is 3. The average Bonchev–Trinajstić information content (AvgIpc) is 3.06. The summed E-state index contributed by atoms with van der Waals surface area (Å²) in [5, 5.41) is 8.97. The number of sulfonamides is 1. The monoisotopic (exact) mass is 345 g/mol. The van der Waals surface area contributed by atoms with Crippen LogP contribution in [0.25, 0.3) is 0 Å². The van der Waals surface area contributed by atoms with E-state index in [4.69, 9.17) is 5.11 Å². The summed E-state index contributed by atoms with van der Waals surface area (Å²) in [4.78, 5) is 11.0. The number of hydrogen-bond donors (Lipinski definition) is 1. The molecule has 1 N–H and O–H groups in total. The predicted molar refractivity (Wildman–Crippen MR) is 71.5 cm³/mol. The molecule has 1 aliphatic carbocycles. The second kappa shape index (κ2) is 4.04. The zero-order valence-electron chi connectivity index (χ0n) is 9.97. The van der Waals surface area contributed by atoms with Crippen molar-refractivity contribution in [3.8, 4) is 0 Å². The van der Waals surface area contributed by atoms with Crippen LogP contribution < -0.4 is 0 Å². The van der Waals surface area contributed by atoms with Gasteiger partial charge in [-0.2, -0.15) is 4.31 Å². The zero-order valence-corrected chi connectivity index (χ0v) is 12.4. The van der Waals surface area contributed by atoms with Gasteiger partial charge in [-0.15, -0.1) is 0 Å². The maximum absolute atomic E-state index is 12.4. The Hall–Kier alpha value is -0.920. The molecule has 2 aliphatic rings. The molecule has 0 radical (unpaired) electrons. The molecule has 1 saturated carbocycles. The molecule has 1 aromatic carbocycles. The van der Waals surface area contributed by atoms with Crippen LogP contribution in [0.3, 0.4) is 0 Å². The number of carbonyl (C=O) groups is 1. The Morgan fingerprint density at radius 2 is 1.89 bits per heavy atom. The normalized spacial score (nSPS) is 21.1. The van der Waals surface area contributed by atoms with E-state index >= 15 is 0 Å². The van der Waals surface area contributed by atoms with E-state index in [9.17, 15) is 13.2 Å². The van der Waals surface area contributed by atoms with E-state index in [0.29, 0.717) is 17.6 Å². The fraction of sp³-hybridized carbons (Fsp3) is 0.417. The molecule has 0 amide bonds. The SMILES string of the molecule is O=C(O)c1cc(Br)cc(S(=O)(=O)N2CC3(CC3)C2)c1. The molecule has 0 atom stereocenters. The molecular formula is C12H12BrNO4S. The lowest BCUT2D eigenvalue weighted by atomic mass is 10.0. The van der Waals surface area contributed by atoms with E-state index in [2.05, 4.69) is 15.9 Å². The molecule has 1 aromatic rings. The molecule has 0 bridgehead atoms. The van der Waals surface area contributed by atoms with Crippen LogP contribution in [0, 0.1) is 5.41 Å². The molecule has 102 valence electrons. The Morgan fingerprint density at radius 1 is 1.26 bits per heavy atom. The van der Waals surface area contributed by atoms with Gasteiger partial charge in [0.15, 0.2) is 0 Å². The van der Waals surface area contributed by atoms with Gasteiger partial charge in [-0.25, -0.2) is 13.2 Å². The fourth-order valence-corrected chi connectivity index (χ4v) is 4.73. The Balaban J connectivity index is 1.94. The largest absolute Gasteiger partial charge is 0.478 e. The molecule has 3 rings (SSSR count). The first-order chi connectivity index (χ1) is 8.82. The topological polar surface area (TPSA) is 74.7 Å². The second-order valence-corrected chi connectivity index (χ2v) is 8.11. The minimum atomic E-state index is -3.57. The summed E-state index contributed by atoms with van der Waals surface area (Å²) in [5.41, 5.74) is 0.198. The molecule has 1 aliphatic heterocycles. The van der Waals surface area contributed by atoms with Crippen molar-refractivity contribution in [2.45, 2.75) is 17.7 Å². The van der Waals surface area contributed by atoms with E-state index in [-0.39, 0.29) is 15.9 Å². The van der Waals surface area contributed by atoms with Crippen molar-refractivity contribution in [1.29, 1.82) is 0 Å². The smallest absolute Gasteiger partial charge is 0.335 e. The zero-order chi connectivity index (χ0) is 13.8. The van der Waals surface area contributed by atoms with Gasteiger partial charge >= 0.3 is 5.97 Å². The van der Waals surface area contributed by atoms with Crippen molar-refractivity contribution in [2.24, 2.45) is 5.41 Å². The van der Waals surface area contributed by atoms with Crippen molar-refractivity contribution >= 4 is 31.9 Å². The lowest BCUT2D eigenvalue weighted by molar-refractivity contribution is 0.0696. The van der Waals surface area contributed by atoms with E-state index in [1.165, 1.54) is 22.5 Å². The van der Waals surface area contributed by atoms with Crippen LogP contribution in [-0.2, 0) is 10.0 Å². The van der Waals surface area contributed by atoms with E-state index in [0.717, 1.165) is 12.8 Å². The Morgan fingerprint density at radius 3 is 2.42 bits per heavy atom. The van der Waals surface area contributed by atoms with E-state index < -0.39 is 16.0 Å². The summed E-state index contributed by atoms with van der Waals surface area (Å²) in [7, 11) is -3.57. The van der Waals surface area contributed by atoms with Gasteiger partial charge in [-0.1, -0.05) is 15.9 Å². The summed E-state index contributed by atoms with van der Waals surface area (Å²) in [5.74, 6) is -1.14. The van der Waals surface area contributed by atoms with Crippen molar-refractivity contribution in [3.05, 3.63) is 28.2 Å². The van der Waals surface area contributed by atoms with Crippen LogP contribution >= 0.6 is 15.9 Å². The van der Waals surface area contributed by atoms with Crippen molar-refractivity contribution in [3.63, 3.8) is 0 Å². The first-order valence-corrected chi connectivity index (χ1v) is 8.10. The van der Waals surface area contributed by atoms with Gasteiger partial charge in [-0.05, 0) is 36.5 Å². The summed E-state index contributed by atoms with van der Waals surface area (Å²) in [6.07, 6.45) is 2.19. The number of halogens is 1. The molecule has 7 heteroatoms. The third-order valence-corrected chi connectivity index (χ3v) is 5.96.